The molecule has 0 aromatic heterocycles. The Morgan fingerprint density at radius 1 is 0.704 bits per heavy atom. The molecule has 0 saturated carbocycles. The lowest BCUT2D eigenvalue weighted by molar-refractivity contribution is -0.134. The third-order valence-electron chi connectivity index (χ3n) is 4.60. The molecule has 4 nitrogen and oxygen atoms in total. The molecule has 27 heavy (non-hydrogen) atoms. The van der Waals surface area contributed by atoms with Crippen molar-refractivity contribution in [2.75, 3.05) is 0 Å². The lowest BCUT2D eigenvalue weighted by Gasteiger charge is -2.19. The number of ether oxygens (including phenoxy) is 1. The molecule has 0 aliphatic heterocycles. The van der Waals surface area contributed by atoms with Crippen molar-refractivity contribution in [1.29, 1.82) is 0 Å². The lowest BCUT2D eigenvalue weighted by Crippen LogP contribution is -2.22. The second kappa shape index (κ2) is 7.00. The standard InChI is InChI=1S/C23H16O4/c24-20(14-13-15-7-2-1-3-8-15)27-19-12-6-11-18-21(19)23(26)17-10-5-4-9-16(17)22(18)25/h1-12H,13-14H2. The second-order valence-corrected chi connectivity index (χ2v) is 6.34. The monoisotopic (exact) mass is 356 g/mol. The van der Waals surface area contributed by atoms with Gasteiger partial charge >= 0.3 is 5.97 Å². The maximum atomic E-state index is 12.9. The first-order valence-electron chi connectivity index (χ1n) is 8.71. The number of carbonyl (C=O) groups excluding carboxylic acids is 3. The van der Waals surface area contributed by atoms with Crippen LogP contribution in [-0.4, -0.2) is 17.5 Å². The van der Waals surface area contributed by atoms with Gasteiger partial charge in [-0.05, 0) is 18.1 Å². The molecule has 1 aliphatic carbocycles. The first kappa shape index (κ1) is 16.9. The molecule has 0 atom stereocenters. The van der Waals surface area contributed by atoms with E-state index in [1.807, 2.05) is 30.3 Å². The largest absolute Gasteiger partial charge is 0.426 e. The van der Waals surface area contributed by atoms with Crippen molar-refractivity contribution in [2.24, 2.45) is 0 Å². The summed E-state index contributed by atoms with van der Waals surface area (Å²) in [7, 11) is 0. The zero-order valence-corrected chi connectivity index (χ0v) is 14.5. The van der Waals surface area contributed by atoms with Crippen molar-refractivity contribution in [2.45, 2.75) is 12.8 Å². The molecule has 0 fully saturated rings. The van der Waals surface area contributed by atoms with Crippen molar-refractivity contribution in [1.82, 2.24) is 0 Å². The Morgan fingerprint density at radius 2 is 1.33 bits per heavy atom. The van der Waals surface area contributed by atoms with Crippen LogP contribution in [0, 0.1) is 0 Å². The summed E-state index contributed by atoms with van der Waals surface area (Å²) < 4.78 is 5.46. The quantitative estimate of drug-likeness (QED) is 0.410. The van der Waals surface area contributed by atoms with Crippen LogP contribution in [0.2, 0.25) is 0 Å². The van der Waals surface area contributed by atoms with Crippen molar-refractivity contribution in [3.05, 3.63) is 101 Å². The van der Waals surface area contributed by atoms with Gasteiger partial charge in [0.1, 0.15) is 5.75 Å². The molecule has 0 N–H and O–H groups in total. The average molecular weight is 356 g/mol. The van der Waals surface area contributed by atoms with Gasteiger partial charge in [0.25, 0.3) is 0 Å². The number of hydrogen-bond acceptors (Lipinski definition) is 4. The van der Waals surface area contributed by atoms with Crippen molar-refractivity contribution in [3.8, 4) is 5.75 Å². The smallest absolute Gasteiger partial charge is 0.311 e. The fraction of sp³-hybridized carbons (Fsp3) is 0.0870. The highest BCUT2D eigenvalue weighted by Gasteiger charge is 2.32. The van der Waals surface area contributed by atoms with Gasteiger partial charge in [-0.25, -0.2) is 0 Å². The van der Waals surface area contributed by atoms with Crippen LogP contribution in [0.5, 0.6) is 5.75 Å². The van der Waals surface area contributed by atoms with Crippen LogP contribution in [0.15, 0.2) is 72.8 Å². The van der Waals surface area contributed by atoms with Gasteiger partial charge in [0.05, 0.1) is 5.56 Å². The number of ketones is 2. The van der Waals surface area contributed by atoms with Gasteiger partial charge < -0.3 is 4.74 Å². The first-order chi connectivity index (χ1) is 13.1. The Bertz CT molecular complexity index is 1050. The van der Waals surface area contributed by atoms with E-state index in [1.54, 1.807) is 42.5 Å². The maximum absolute atomic E-state index is 12.9. The van der Waals surface area contributed by atoms with Crippen LogP contribution in [0.25, 0.3) is 0 Å². The fourth-order valence-corrected chi connectivity index (χ4v) is 3.26. The molecule has 0 amide bonds. The Morgan fingerprint density at radius 3 is 2.07 bits per heavy atom. The maximum Gasteiger partial charge on any atom is 0.311 e. The zero-order valence-electron chi connectivity index (χ0n) is 14.5. The zero-order chi connectivity index (χ0) is 18.8. The van der Waals surface area contributed by atoms with E-state index in [1.165, 1.54) is 0 Å². The Labute approximate surface area is 156 Å². The normalized spacial score (nSPS) is 12.3. The molecule has 3 aromatic rings. The van der Waals surface area contributed by atoms with Crippen LogP contribution >= 0.6 is 0 Å². The van der Waals surface area contributed by atoms with Gasteiger partial charge in [0.2, 0.25) is 0 Å². The number of benzene rings is 3. The fourth-order valence-electron chi connectivity index (χ4n) is 3.26. The van der Waals surface area contributed by atoms with Crippen LogP contribution < -0.4 is 4.74 Å². The molecule has 0 saturated heterocycles. The summed E-state index contributed by atoms with van der Waals surface area (Å²) >= 11 is 0. The highest BCUT2D eigenvalue weighted by Crippen LogP contribution is 2.33. The number of hydrogen-bond donors (Lipinski definition) is 0. The summed E-state index contributed by atoms with van der Waals surface area (Å²) in [5.41, 5.74) is 2.18. The lowest BCUT2D eigenvalue weighted by atomic mass is 9.83. The third kappa shape index (κ3) is 3.17. The number of aryl methyl sites for hydroxylation is 1. The van der Waals surface area contributed by atoms with E-state index in [0.717, 1.165) is 5.56 Å². The van der Waals surface area contributed by atoms with Gasteiger partial charge in [0, 0.05) is 23.1 Å². The molecule has 0 spiro atoms. The number of rotatable bonds is 4. The molecule has 3 aromatic carbocycles. The van der Waals surface area contributed by atoms with Gasteiger partial charge in [-0.3, -0.25) is 14.4 Å². The molecular weight excluding hydrogens is 340 g/mol. The molecule has 0 radical (unpaired) electrons. The Kier molecular flexibility index (Phi) is 4.38. The number of esters is 1. The molecule has 4 rings (SSSR count). The van der Waals surface area contributed by atoms with Crippen molar-refractivity contribution in [3.63, 3.8) is 0 Å². The van der Waals surface area contributed by atoms with Crippen molar-refractivity contribution < 1.29 is 19.1 Å². The van der Waals surface area contributed by atoms with E-state index in [-0.39, 0.29) is 34.9 Å². The van der Waals surface area contributed by atoms with E-state index < -0.39 is 5.97 Å². The minimum absolute atomic E-state index is 0.137. The summed E-state index contributed by atoms with van der Waals surface area (Å²) in [6.07, 6.45) is 0.733. The predicted octanol–water partition coefficient (Wildman–Crippen LogP) is 4.00. The number of carbonyl (C=O) groups is 3. The van der Waals surface area contributed by atoms with E-state index >= 15 is 0 Å². The van der Waals surface area contributed by atoms with E-state index in [0.29, 0.717) is 17.5 Å². The Hall–Kier alpha value is -3.53. The molecule has 0 bridgehead atoms. The van der Waals surface area contributed by atoms with Gasteiger partial charge in [0.15, 0.2) is 11.6 Å². The molecule has 132 valence electrons. The minimum Gasteiger partial charge on any atom is -0.426 e. The molecular formula is C23H16O4. The van der Waals surface area contributed by atoms with E-state index in [4.69, 9.17) is 4.74 Å². The van der Waals surface area contributed by atoms with Gasteiger partial charge in [-0.1, -0.05) is 66.7 Å². The highest BCUT2D eigenvalue weighted by molar-refractivity contribution is 6.29. The third-order valence-corrected chi connectivity index (χ3v) is 4.60. The second-order valence-electron chi connectivity index (χ2n) is 6.34. The summed E-state index contributed by atoms with van der Waals surface area (Å²) in [5, 5.41) is 0. The molecule has 0 heterocycles. The minimum atomic E-state index is -0.439. The summed E-state index contributed by atoms with van der Waals surface area (Å²) in [6, 6.07) is 21.1. The van der Waals surface area contributed by atoms with Crippen LogP contribution in [0.1, 0.15) is 43.8 Å². The van der Waals surface area contributed by atoms with Crippen LogP contribution in [0.4, 0.5) is 0 Å². The molecule has 4 heteroatoms. The summed E-state index contributed by atoms with van der Waals surface area (Å²) in [5.74, 6) is -0.834. The Balaban J connectivity index is 1.59. The summed E-state index contributed by atoms with van der Waals surface area (Å²) in [4.78, 5) is 37.9. The first-order valence-corrected chi connectivity index (χ1v) is 8.71. The van der Waals surface area contributed by atoms with Gasteiger partial charge in [-0.2, -0.15) is 0 Å². The number of fused-ring (bicyclic) bond motifs is 2. The van der Waals surface area contributed by atoms with E-state index in [2.05, 4.69) is 0 Å². The van der Waals surface area contributed by atoms with Crippen LogP contribution in [-0.2, 0) is 11.2 Å². The summed E-state index contributed by atoms with van der Waals surface area (Å²) in [6.45, 7) is 0. The van der Waals surface area contributed by atoms with Crippen LogP contribution in [0.3, 0.4) is 0 Å². The van der Waals surface area contributed by atoms with Gasteiger partial charge in [-0.15, -0.1) is 0 Å². The SMILES string of the molecule is O=C(CCc1ccccc1)Oc1cccc2c1C(=O)c1ccccc1C2=O. The topological polar surface area (TPSA) is 60.4 Å². The predicted molar refractivity (Wildman–Crippen MR) is 100 cm³/mol. The molecule has 0 unspecified atom stereocenters. The van der Waals surface area contributed by atoms with Crippen molar-refractivity contribution >= 4 is 17.5 Å². The van der Waals surface area contributed by atoms with E-state index in [9.17, 15) is 14.4 Å². The highest BCUT2D eigenvalue weighted by atomic mass is 16.5. The molecule has 1 aliphatic rings. The average Bonchev–Trinajstić information content (AvgIpc) is 2.71.